The monoisotopic (exact) mass is 542 g/mol. The van der Waals surface area contributed by atoms with Crippen LogP contribution in [0, 0.1) is 5.82 Å². The van der Waals surface area contributed by atoms with Crippen molar-refractivity contribution in [3.63, 3.8) is 0 Å². The Morgan fingerprint density at radius 2 is 1.77 bits per heavy atom. The molecule has 0 unspecified atom stereocenters. The van der Waals surface area contributed by atoms with Gasteiger partial charge in [0.1, 0.15) is 18.2 Å². The normalized spacial score (nSPS) is 16.7. The molecule has 4 aromatic rings. The molecule has 4 heterocycles. The van der Waals surface area contributed by atoms with Gasteiger partial charge in [-0.25, -0.2) is 9.07 Å². The molecule has 39 heavy (non-hydrogen) atoms. The van der Waals surface area contributed by atoms with Gasteiger partial charge in [0.05, 0.1) is 41.7 Å². The molecule has 1 fully saturated rings. The van der Waals surface area contributed by atoms with Crippen LogP contribution in [0.4, 0.5) is 10.1 Å². The molecule has 1 amide bonds. The van der Waals surface area contributed by atoms with Gasteiger partial charge in [-0.15, -0.1) is 11.8 Å². The zero-order valence-electron chi connectivity index (χ0n) is 21.3. The first-order valence-electron chi connectivity index (χ1n) is 13.1. The molecule has 0 aliphatic carbocycles. The second-order valence-electron chi connectivity index (χ2n) is 9.82. The average molecular weight is 543 g/mol. The van der Waals surface area contributed by atoms with Gasteiger partial charge in [0.25, 0.3) is 5.91 Å². The number of anilines is 1. The van der Waals surface area contributed by atoms with Crippen LogP contribution < -0.4 is 9.64 Å². The van der Waals surface area contributed by atoms with E-state index in [1.54, 1.807) is 11.0 Å². The van der Waals surface area contributed by atoms with Crippen molar-refractivity contribution in [1.82, 2.24) is 14.7 Å². The number of para-hydroxylation sites is 2. The third-order valence-corrected chi connectivity index (χ3v) is 8.57. The second kappa shape index (κ2) is 10.1. The maximum atomic E-state index is 14.8. The summed E-state index contributed by atoms with van der Waals surface area (Å²) in [7, 11) is 0. The van der Waals surface area contributed by atoms with Crippen molar-refractivity contribution in [2.75, 3.05) is 44.4 Å². The second-order valence-corrected chi connectivity index (χ2v) is 10.8. The highest BCUT2D eigenvalue weighted by molar-refractivity contribution is 7.98. The molecule has 0 spiro atoms. The third-order valence-electron chi connectivity index (χ3n) is 7.43. The first kappa shape index (κ1) is 24.4. The summed E-state index contributed by atoms with van der Waals surface area (Å²) < 4.78 is 27.9. The Hall–Kier alpha value is -3.66. The highest BCUT2D eigenvalue weighted by Crippen LogP contribution is 2.45. The Balaban J connectivity index is 1.30. The van der Waals surface area contributed by atoms with Crippen LogP contribution in [0.3, 0.4) is 0 Å². The van der Waals surface area contributed by atoms with Crippen LogP contribution >= 0.6 is 11.8 Å². The van der Waals surface area contributed by atoms with Crippen LogP contribution in [-0.4, -0.2) is 60.0 Å². The molecule has 1 saturated heterocycles. The maximum absolute atomic E-state index is 14.8. The molecule has 3 aliphatic rings. The van der Waals surface area contributed by atoms with Gasteiger partial charge in [-0.3, -0.25) is 9.69 Å². The number of fused-ring (bicyclic) bond motifs is 4. The van der Waals surface area contributed by atoms with Gasteiger partial charge >= 0.3 is 0 Å². The minimum absolute atomic E-state index is 0.176. The number of amides is 1. The van der Waals surface area contributed by atoms with Gasteiger partial charge in [-0.1, -0.05) is 36.4 Å². The van der Waals surface area contributed by atoms with E-state index in [0.717, 1.165) is 61.0 Å². The number of thioether (sulfide) groups is 1. The lowest BCUT2D eigenvalue weighted by molar-refractivity contribution is 0.0342. The Labute approximate surface area is 230 Å². The first-order valence-corrected chi connectivity index (χ1v) is 14.1. The van der Waals surface area contributed by atoms with Crippen molar-refractivity contribution in [3.8, 4) is 22.7 Å². The predicted octanol–water partition coefficient (Wildman–Crippen LogP) is 5.16. The highest BCUT2D eigenvalue weighted by atomic mass is 32.2. The minimum Gasteiger partial charge on any atom is -0.490 e. The molecule has 7 rings (SSSR count). The Bertz CT molecular complexity index is 1550. The Morgan fingerprint density at radius 1 is 0.949 bits per heavy atom. The van der Waals surface area contributed by atoms with Crippen LogP contribution in [0.15, 0.2) is 71.6 Å². The minimum atomic E-state index is -0.258. The Kier molecular flexibility index (Phi) is 6.34. The van der Waals surface area contributed by atoms with Crippen LogP contribution in [0.25, 0.3) is 16.9 Å². The third kappa shape index (κ3) is 4.40. The summed E-state index contributed by atoms with van der Waals surface area (Å²) in [5, 5.41) is 4.91. The van der Waals surface area contributed by atoms with Gasteiger partial charge in [-0.05, 0) is 35.9 Å². The predicted molar refractivity (Wildman–Crippen MR) is 148 cm³/mol. The lowest BCUT2D eigenvalue weighted by atomic mass is 10.0. The number of aromatic nitrogens is 2. The molecule has 3 aromatic carbocycles. The number of rotatable bonds is 4. The molecule has 1 aromatic heterocycles. The van der Waals surface area contributed by atoms with Gasteiger partial charge in [-0.2, -0.15) is 5.10 Å². The summed E-state index contributed by atoms with van der Waals surface area (Å²) in [4.78, 5) is 18.7. The van der Waals surface area contributed by atoms with E-state index < -0.39 is 0 Å². The lowest BCUT2D eigenvalue weighted by Gasteiger charge is -2.29. The van der Waals surface area contributed by atoms with Crippen LogP contribution in [0.2, 0.25) is 0 Å². The summed E-state index contributed by atoms with van der Waals surface area (Å²) in [5.41, 5.74) is 5.51. The van der Waals surface area contributed by atoms with Gasteiger partial charge in [0, 0.05) is 36.5 Å². The maximum Gasteiger partial charge on any atom is 0.279 e. The molecular formula is C30H27FN4O3S. The largest absolute Gasteiger partial charge is 0.490 e. The molecule has 0 atom stereocenters. The average Bonchev–Trinajstić information content (AvgIpc) is 3.38. The standard InChI is InChI=1S/C30H27FN4O3S/c31-24-5-3-4-22-28-23(19-39-29(22)24)27(30(36)34-14-17-38-26-7-2-1-6-25(26)34)32-35(28)21-10-8-20(9-11-21)18-33-12-15-37-16-13-33/h1-11H,12-19H2. The van der Waals surface area contributed by atoms with Crippen molar-refractivity contribution in [3.05, 3.63) is 89.4 Å². The fourth-order valence-corrected chi connectivity index (χ4v) is 6.57. The van der Waals surface area contributed by atoms with Crippen molar-refractivity contribution >= 4 is 23.4 Å². The van der Waals surface area contributed by atoms with Gasteiger partial charge < -0.3 is 14.4 Å². The summed E-state index contributed by atoms with van der Waals surface area (Å²) >= 11 is 1.41. The number of carbonyl (C=O) groups is 1. The van der Waals surface area contributed by atoms with E-state index in [1.165, 1.54) is 23.4 Å². The molecule has 0 saturated carbocycles. The number of halogens is 1. The molecule has 3 aliphatic heterocycles. The zero-order valence-corrected chi connectivity index (χ0v) is 22.1. The summed E-state index contributed by atoms with van der Waals surface area (Å²) in [6, 6.07) is 20.9. The van der Waals surface area contributed by atoms with E-state index in [0.29, 0.717) is 35.2 Å². The SMILES string of the molecule is O=C(c1nn(-c2ccc(CN3CCOCC3)cc2)c2c1CSc1c(F)cccc1-2)N1CCOc2ccccc21. The van der Waals surface area contributed by atoms with Crippen molar-refractivity contribution < 1.29 is 18.7 Å². The summed E-state index contributed by atoms with van der Waals surface area (Å²) in [6.45, 7) is 5.07. The van der Waals surface area contributed by atoms with E-state index in [4.69, 9.17) is 14.6 Å². The zero-order chi connectivity index (χ0) is 26.3. The van der Waals surface area contributed by atoms with Crippen LogP contribution in [-0.2, 0) is 17.0 Å². The molecule has 7 nitrogen and oxygen atoms in total. The molecule has 0 radical (unpaired) electrons. The summed E-state index contributed by atoms with van der Waals surface area (Å²) in [6.07, 6.45) is 0. The van der Waals surface area contributed by atoms with E-state index in [2.05, 4.69) is 17.0 Å². The Morgan fingerprint density at radius 3 is 2.62 bits per heavy atom. The molecule has 198 valence electrons. The number of carbonyl (C=O) groups excluding carboxylic acids is 1. The van der Waals surface area contributed by atoms with Crippen LogP contribution in [0.5, 0.6) is 5.75 Å². The van der Waals surface area contributed by atoms with Crippen molar-refractivity contribution in [1.29, 1.82) is 0 Å². The molecular weight excluding hydrogens is 515 g/mol. The first-order chi connectivity index (χ1) is 19.2. The number of ether oxygens (including phenoxy) is 2. The molecule has 0 N–H and O–H groups in total. The summed E-state index contributed by atoms with van der Waals surface area (Å²) in [5.74, 6) is 0.714. The van der Waals surface area contributed by atoms with E-state index >= 15 is 0 Å². The lowest BCUT2D eigenvalue weighted by Crippen LogP contribution is -2.38. The number of benzene rings is 3. The highest BCUT2D eigenvalue weighted by Gasteiger charge is 2.34. The molecule has 9 heteroatoms. The number of morpholine rings is 1. The quantitative estimate of drug-likeness (QED) is 0.355. The fraction of sp³-hybridized carbons (Fsp3) is 0.267. The number of nitrogens with zero attached hydrogens (tertiary/aromatic N) is 4. The molecule has 0 bridgehead atoms. The van der Waals surface area contributed by atoms with Crippen LogP contribution in [0.1, 0.15) is 21.6 Å². The number of hydrogen-bond donors (Lipinski definition) is 0. The smallest absolute Gasteiger partial charge is 0.279 e. The van der Waals surface area contributed by atoms with E-state index in [9.17, 15) is 9.18 Å². The van der Waals surface area contributed by atoms with E-state index in [-0.39, 0.29) is 11.7 Å². The van der Waals surface area contributed by atoms with E-state index in [1.807, 2.05) is 47.1 Å². The van der Waals surface area contributed by atoms with Gasteiger partial charge in [0.15, 0.2) is 5.69 Å². The van der Waals surface area contributed by atoms with Crippen molar-refractivity contribution in [2.45, 2.75) is 17.2 Å². The van der Waals surface area contributed by atoms with Gasteiger partial charge in [0.2, 0.25) is 0 Å². The van der Waals surface area contributed by atoms with Crippen molar-refractivity contribution in [2.24, 2.45) is 0 Å². The topological polar surface area (TPSA) is 59.8 Å². The fourth-order valence-electron chi connectivity index (χ4n) is 5.48. The number of hydrogen-bond acceptors (Lipinski definition) is 6.